The van der Waals surface area contributed by atoms with Gasteiger partial charge in [-0.05, 0) is 12.5 Å². The first-order chi connectivity index (χ1) is 9.10. The predicted octanol–water partition coefficient (Wildman–Crippen LogP) is 1.81. The largest absolute Gasteiger partial charge is 0.396 e. The standard InChI is InChI=1S/C13H18F3NO2/c14-11-4-2-1-3-10(11)12(5-7-18)17(6-8-19)9-13(15)16/h1-4,12-13,18-19H,5-9H2. The molecule has 0 aromatic heterocycles. The number of hydrogen-bond acceptors (Lipinski definition) is 3. The molecule has 3 nitrogen and oxygen atoms in total. The first-order valence-electron chi connectivity index (χ1n) is 6.08. The number of aliphatic hydroxyl groups is 2. The van der Waals surface area contributed by atoms with E-state index in [1.165, 1.54) is 23.1 Å². The molecule has 1 aromatic rings. The second-order valence-electron chi connectivity index (χ2n) is 4.16. The molecule has 0 aliphatic rings. The molecular weight excluding hydrogens is 259 g/mol. The van der Waals surface area contributed by atoms with Gasteiger partial charge in [-0.15, -0.1) is 0 Å². The van der Waals surface area contributed by atoms with Crippen molar-refractivity contribution in [1.82, 2.24) is 4.90 Å². The van der Waals surface area contributed by atoms with E-state index < -0.39 is 24.8 Å². The normalized spacial score (nSPS) is 13.2. The summed E-state index contributed by atoms with van der Waals surface area (Å²) >= 11 is 0. The molecule has 0 amide bonds. The average molecular weight is 277 g/mol. The fourth-order valence-electron chi connectivity index (χ4n) is 2.08. The lowest BCUT2D eigenvalue weighted by molar-refractivity contribution is 0.0456. The summed E-state index contributed by atoms with van der Waals surface area (Å²) in [5, 5.41) is 18.0. The maximum atomic E-state index is 13.7. The van der Waals surface area contributed by atoms with Crippen LogP contribution in [0.15, 0.2) is 24.3 Å². The van der Waals surface area contributed by atoms with Crippen LogP contribution in [0.1, 0.15) is 18.0 Å². The third-order valence-electron chi connectivity index (χ3n) is 2.87. The Balaban J connectivity index is 2.98. The van der Waals surface area contributed by atoms with Crippen molar-refractivity contribution >= 4 is 0 Å². The Bertz CT molecular complexity index is 377. The highest BCUT2D eigenvalue weighted by atomic mass is 19.3. The number of alkyl halides is 2. The van der Waals surface area contributed by atoms with Crippen molar-refractivity contribution in [3.05, 3.63) is 35.6 Å². The zero-order chi connectivity index (χ0) is 14.3. The minimum atomic E-state index is -2.58. The quantitative estimate of drug-likeness (QED) is 0.761. The molecular formula is C13H18F3NO2. The van der Waals surface area contributed by atoms with Crippen molar-refractivity contribution in [1.29, 1.82) is 0 Å². The summed E-state index contributed by atoms with van der Waals surface area (Å²) in [5.41, 5.74) is 0.255. The van der Waals surface area contributed by atoms with Gasteiger partial charge in [0.25, 0.3) is 6.43 Å². The molecule has 0 aliphatic carbocycles. The lowest BCUT2D eigenvalue weighted by Crippen LogP contribution is -2.36. The van der Waals surface area contributed by atoms with Crippen LogP contribution in [0.3, 0.4) is 0 Å². The number of rotatable bonds is 8. The predicted molar refractivity (Wildman–Crippen MR) is 65.5 cm³/mol. The van der Waals surface area contributed by atoms with Gasteiger partial charge in [0.2, 0.25) is 0 Å². The summed E-state index contributed by atoms with van der Waals surface area (Å²) in [7, 11) is 0. The van der Waals surface area contributed by atoms with Gasteiger partial charge in [0, 0.05) is 24.8 Å². The SMILES string of the molecule is OCCC(c1ccccc1F)N(CCO)CC(F)F. The van der Waals surface area contributed by atoms with E-state index in [-0.39, 0.29) is 31.7 Å². The minimum Gasteiger partial charge on any atom is -0.396 e. The molecule has 1 rings (SSSR count). The van der Waals surface area contributed by atoms with Crippen molar-refractivity contribution in [3.63, 3.8) is 0 Å². The third-order valence-corrected chi connectivity index (χ3v) is 2.87. The van der Waals surface area contributed by atoms with Gasteiger partial charge in [0.1, 0.15) is 5.82 Å². The van der Waals surface area contributed by atoms with Gasteiger partial charge in [0.05, 0.1) is 13.2 Å². The summed E-state index contributed by atoms with van der Waals surface area (Å²) < 4.78 is 38.8. The van der Waals surface area contributed by atoms with E-state index in [0.29, 0.717) is 0 Å². The maximum absolute atomic E-state index is 13.7. The lowest BCUT2D eigenvalue weighted by atomic mass is 10.0. The highest BCUT2D eigenvalue weighted by Crippen LogP contribution is 2.26. The van der Waals surface area contributed by atoms with Crippen LogP contribution in [0.4, 0.5) is 13.2 Å². The Labute approximate surface area is 110 Å². The highest BCUT2D eigenvalue weighted by Gasteiger charge is 2.24. The van der Waals surface area contributed by atoms with Crippen LogP contribution in [0.5, 0.6) is 0 Å². The van der Waals surface area contributed by atoms with Crippen molar-refractivity contribution < 1.29 is 23.4 Å². The number of hydrogen-bond donors (Lipinski definition) is 2. The van der Waals surface area contributed by atoms with Crippen LogP contribution in [0, 0.1) is 5.82 Å². The molecule has 0 aliphatic heterocycles. The van der Waals surface area contributed by atoms with Gasteiger partial charge in [-0.25, -0.2) is 13.2 Å². The highest BCUT2D eigenvalue weighted by molar-refractivity contribution is 5.21. The maximum Gasteiger partial charge on any atom is 0.251 e. The smallest absolute Gasteiger partial charge is 0.251 e. The zero-order valence-corrected chi connectivity index (χ0v) is 10.5. The Morgan fingerprint density at radius 3 is 2.32 bits per heavy atom. The van der Waals surface area contributed by atoms with Crippen LogP contribution < -0.4 is 0 Å². The molecule has 1 aromatic carbocycles. The molecule has 1 unspecified atom stereocenters. The number of halogens is 3. The Hall–Kier alpha value is -1.11. The van der Waals surface area contributed by atoms with E-state index in [2.05, 4.69) is 0 Å². The van der Waals surface area contributed by atoms with Crippen molar-refractivity contribution in [2.24, 2.45) is 0 Å². The second kappa shape index (κ2) is 8.14. The number of benzene rings is 1. The monoisotopic (exact) mass is 277 g/mol. The van der Waals surface area contributed by atoms with Gasteiger partial charge in [0.15, 0.2) is 0 Å². The zero-order valence-electron chi connectivity index (χ0n) is 10.5. The van der Waals surface area contributed by atoms with Crippen molar-refractivity contribution in [2.75, 3.05) is 26.3 Å². The molecule has 0 bridgehead atoms. The van der Waals surface area contributed by atoms with E-state index in [4.69, 9.17) is 10.2 Å². The summed E-state index contributed by atoms with van der Waals surface area (Å²) in [6.45, 7) is -1.11. The summed E-state index contributed by atoms with van der Waals surface area (Å²) in [6, 6.07) is 5.21. The van der Waals surface area contributed by atoms with Gasteiger partial charge in [-0.2, -0.15) is 0 Å². The van der Waals surface area contributed by atoms with Gasteiger partial charge in [-0.3, -0.25) is 4.90 Å². The van der Waals surface area contributed by atoms with Crippen LogP contribution >= 0.6 is 0 Å². The molecule has 2 N–H and O–H groups in total. The van der Waals surface area contributed by atoms with E-state index in [1.807, 2.05) is 0 Å². The topological polar surface area (TPSA) is 43.7 Å². The second-order valence-corrected chi connectivity index (χ2v) is 4.16. The van der Waals surface area contributed by atoms with Crippen LogP contribution in [-0.2, 0) is 0 Å². The third kappa shape index (κ3) is 4.81. The average Bonchev–Trinajstić information content (AvgIpc) is 2.36. The molecule has 0 spiro atoms. The Morgan fingerprint density at radius 2 is 1.79 bits per heavy atom. The molecule has 19 heavy (non-hydrogen) atoms. The first kappa shape index (κ1) is 15.9. The minimum absolute atomic E-state index is 0.00331. The van der Waals surface area contributed by atoms with E-state index >= 15 is 0 Å². The van der Waals surface area contributed by atoms with Crippen LogP contribution in [-0.4, -0.2) is 47.8 Å². The van der Waals surface area contributed by atoms with Gasteiger partial charge < -0.3 is 10.2 Å². The number of nitrogens with zero attached hydrogens (tertiary/aromatic N) is 1. The first-order valence-corrected chi connectivity index (χ1v) is 6.08. The van der Waals surface area contributed by atoms with Crippen LogP contribution in [0.25, 0.3) is 0 Å². The molecule has 1 atom stereocenters. The van der Waals surface area contributed by atoms with Gasteiger partial charge in [-0.1, -0.05) is 18.2 Å². The molecule has 0 heterocycles. The van der Waals surface area contributed by atoms with E-state index in [1.54, 1.807) is 6.07 Å². The van der Waals surface area contributed by atoms with E-state index in [9.17, 15) is 13.2 Å². The fraction of sp³-hybridized carbons (Fsp3) is 0.538. The van der Waals surface area contributed by atoms with E-state index in [0.717, 1.165) is 0 Å². The molecule has 108 valence electrons. The molecule has 0 saturated carbocycles. The van der Waals surface area contributed by atoms with Gasteiger partial charge >= 0.3 is 0 Å². The summed E-state index contributed by atoms with van der Waals surface area (Å²) in [4.78, 5) is 1.29. The Kier molecular flexibility index (Phi) is 6.83. The molecule has 0 fully saturated rings. The molecule has 6 heteroatoms. The molecule has 0 radical (unpaired) electrons. The fourth-order valence-corrected chi connectivity index (χ4v) is 2.08. The Morgan fingerprint density at radius 1 is 1.11 bits per heavy atom. The number of aliphatic hydroxyl groups excluding tert-OH is 2. The van der Waals surface area contributed by atoms with Crippen LogP contribution in [0.2, 0.25) is 0 Å². The molecule has 0 saturated heterocycles. The summed E-state index contributed by atoms with van der Waals surface area (Å²) in [6.07, 6.45) is -2.45. The lowest BCUT2D eigenvalue weighted by Gasteiger charge is -2.31. The van der Waals surface area contributed by atoms with Crippen molar-refractivity contribution in [3.8, 4) is 0 Å². The summed E-state index contributed by atoms with van der Waals surface area (Å²) in [5.74, 6) is -0.502. The van der Waals surface area contributed by atoms with Crippen molar-refractivity contribution in [2.45, 2.75) is 18.9 Å².